The average molecular weight is 718 g/mol. The third-order valence-electron chi connectivity index (χ3n) is 9.45. The highest BCUT2D eigenvalue weighted by molar-refractivity contribution is 7.01. The predicted molar refractivity (Wildman–Crippen MR) is 198 cm³/mol. The number of anilines is 2. The monoisotopic (exact) mass is 716 g/mol. The molecule has 0 amide bonds. The fourth-order valence-electron chi connectivity index (χ4n) is 7.46. The van der Waals surface area contributed by atoms with Crippen LogP contribution in [0.15, 0.2) is 85.5 Å². The van der Waals surface area contributed by atoms with Crippen LogP contribution in [-0.2, 0) is 9.14 Å². The number of nitrogens with one attached hydrogen (secondary N) is 1. The van der Waals surface area contributed by atoms with Crippen molar-refractivity contribution in [1.29, 1.82) is 0 Å². The Hall–Kier alpha value is -4.06. The van der Waals surface area contributed by atoms with E-state index < -0.39 is 28.3 Å². The van der Waals surface area contributed by atoms with Gasteiger partial charge >= 0.3 is 28.3 Å². The van der Waals surface area contributed by atoms with Gasteiger partial charge in [0.05, 0.1) is 34.2 Å². The Bertz CT molecular complexity index is 2350. The van der Waals surface area contributed by atoms with E-state index in [2.05, 4.69) is 10.2 Å². The van der Waals surface area contributed by atoms with Crippen molar-refractivity contribution in [1.82, 2.24) is 19.9 Å². The molecule has 2 aromatic heterocycles. The molecular weight excluding hydrogens is 701 g/mol. The zero-order chi connectivity index (χ0) is 33.1. The second-order valence-corrected chi connectivity index (χ2v) is 13.6. The van der Waals surface area contributed by atoms with Gasteiger partial charge < -0.3 is 24.1 Å². The van der Waals surface area contributed by atoms with Crippen LogP contribution in [0.2, 0.25) is 20.1 Å². The van der Waals surface area contributed by atoms with Gasteiger partial charge in [0.1, 0.15) is 12.7 Å². The van der Waals surface area contributed by atoms with E-state index in [0.717, 1.165) is 39.1 Å². The van der Waals surface area contributed by atoms with Crippen LogP contribution in [0, 0.1) is 0 Å². The highest BCUT2D eigenvalue weighted by Crippen LogP contribution is 2.46. The van der Waals surface area contributed by atoms with Crippen molar-refractivity contribution >= 4 is 108 Å². The molecule has 6 aromatic rings. The first kappa shape index (κ1) is 29.8. The summed E-state index contributed by atoms with van der Waals surface area (Å²) in [6.45, 7) is 0. The van der Waals surface area contributed by atoms with E-state index in [1.165, 1.54) is 6.33 Å². The Morgan fingerprint density at radius 2 is 0.959 bits per heavy atom. The van der Waals surface area contributed by atoms with Gasteiger partial charge in [0.15, 0.2) is 0 Å². The minimum atomic E-state index is -1.10. The largest absolute Gasteiger partial charge is 0.468 e. The highest BCUT2D eigenvalue weighted by Gasteiger charge is 2.57. The van der Waals surface area contributed by atoms with E-state index >= 15 is 0 Å². The average Bonchev–Trinajstić information content (AvgIpc) is 3.10. The van der Waals surface area contributed by atoms with Crippen LogP contribution in [0.4, 0.5) is 11.4 Å². The first-order chi connectivity index (χ1) is 23.9. The summed E-state index contributed by atoms with van der Waals surface area (Å²) in [6, 6.07) is 22.3. The SMILES string of the molecule is OB1Nc2c(ncnc2-c2cccc(Cl)c2B2OB3c4c(Cl)cccc4-c4ncnc5c4N3B(O2)c2c(Cl)cccc2-5)-c2cccc(Cl)c21. The molecule has 2 N–H and O–H groups in total. The smallest absolute Gasteiger partial charge is 0.450 e. The van der Waals surface area contributed by atoms with Gasteiger partial charge in [-0.05, 0) is 24.3 Å². The second-order valence-electron chi connectivity index (χ2n) is 11.9. The Morgan fingerprint density at radius 1 is 0.551 bits per heavy atom. The molecule has 0 radical (unpaired) electrons. The number of hydrogen-bond acceptors (Lipinski definition) is 9. The maximum atomic E-state index is 11.2. The van der Waals surface area contributed by atoms with E-state index in [4.69, 9.17) is 70.5 Å². The van der Waals surface area contributed by atoms with Crippen molar-refractivity contribution in [2.45, 2.75) is 0 Å². The molecule has 1 saturated heterocycles. The van der Waals surface area contributed by atoms with Crippen molar-refractivity contribution in [2.24, 2.45) is 0 Å². The van der Waals surface area contributed by atoms with Gasteiger partial charge in [0.2, 0.25) is 0 Å². The van der Waals surface area contributed by atoms with Gasteiger partial charge in [-0.3, -0.25) is 0 Å². The molecule has 17 heteroatoms. The first-order valence-corrected chi connectivity index (χ1v) is 16.8. The van der Waals surface area contributed by atoms with Gasteiger partial charge in [-0.25, -0.2) is 19.9 Å². The van der Waals surface area contributed by atoms with Crippen LogP contribution in [-0.4, -0.2) is 53.2 Å². The summed E-state index contributed by atoms with van der Waals surface area (Å²) in [6.07, 6.45) is 3.02. The van der Waals surface area contributed by atoms with E-state index in [0.29, 0.717) is 59.2 Å². The zero-order valence-electron chi connectivity index (χ0n) is 24.9. The van der Waals surface area contributed by atoms with Gasteiger partial charge in [0.25, 0.3) is 0 Å². The molecule has 232 valence electrons. The molecule has 10 rings (SSSR count). The molecule has 0 aliphatic carbocycles. The molecule has 4 aliphatic rings. The molecule has 0 bridgehead atoms. The summed E-state index contributed by atoms with van der Waals surface area (Å²) in [5.41, 5.74) is 9.30. The third-order valence-corrected chi connectivity index (χ3v) is 10.8. The van der Waals surface area contributed by atoms with Crippen molar-refractivity contribution in [2.75, 3.05) is 9.95 Å². The van der Waals surface area contributed by atoms with E-state index in [-0.39, 0.29) is 0 Å². The fourth-order valence-corrected chi connectivity index (χ4v) is 8.53. The molecule has 4 aliphatic heterocycles. The molecule has 9 nitrogen and oxygen atoms in total. The quantitative estimate of drug-likeness (QED) is 0.254. The normalized spacial score (nSPS) is 14.8. The summed E-state index contributed by atoms with van der Waals surface area (Å²) < 4.78 is 15.9. The molecule has 1 fully saturated rings. The molecule has 0 atom stereocenters. The Labute approximate surface area is 301 Å². The lowest BCUT2D eigenvalue weighted by Crippen LogP contribution is -2.74. The second kappa shape index (κ2) is 11.0. The minimum absolute atomic E-state index is 0.387. The fraction of sp³-hybridized carbons (Fsp3) is 0. The number of halogens is 4. The standard InChI is InChI=1S/C32H16B4Cl4N6O3/c37-19-9-1-5-15-23(19)33(47)45-31-27(15)41-13-42-28(31)18-8-4-12-22(40)26(18)36-48-34-24-16(6-2-10-20(24)38)29-32-30(44-14-43-29)17-7-3-11-21(39)25(17)35(49-36)46(32)34/h1-14,45,47H. The van der Waals surface area contributed by atoms with Crippen molar-refractivity contribution in [3.05, 3.63) is 106 Å². The van der Waals surface area contributed by atoms with Gasteiger partial charge in [-0.1, -0.05) is 94.9 Å². The van der Waals surface area contributed by atoms with Crippen LogP contribution in [0.25, 0.3) is 45.0 Å². The zero-order valence-corrected chi connectivity index (χ0v) is 27.9. The molecular formula is C32H16B4Cl4N6O3. The maximum absolute atomic E-state index is 11.2. The van der Waals surface area contributed by atoms with Crippen molar-refractivity contribution in [3.8, 4) is 45.0 Å². The van der Waals surface area contributed by atoms with Crippen LogP contribution >= 0.6 is 46.4 Å². The van der Waals surface area contributed by atoms with E-state index in [9.17, 15) is 5.02 Å². The summed E-state index contributed by atoms with van der Waals surface area (Å²) in [5, 5.41) is 16.2. The Balaban J connectivity index is 1.19. The third kappa shape index (κ3) is 4.18. The van der Waals surface area contributed by atoms with E-state index in [1.807, 2.05) is 65.4 Å². The summed E-state index contributed by atoms with van der Waals surface area (Å²) in [5.74, 6) is 0. The van der Waals surface area contributed by atoms with Crippen LogP contribution in [0.5, 0.6) is 0 Å². The van der Waals surface area contributed by atoms with Crippen LogP contribution in [0.3, 0.4) is 0 Å². The molecule has 49 heavy (non-hydrogen) atoms. The van der Waals surface area contributed by atoms with Gasteiger partial charge in [-0.2, -0.15) is 0 Å². The maximum Gasteiger partial charge on any atom is 0.468 e. The number of hydrogen-bond donors (Lipinski definition) is 2. The molecule has 0 spiro atoms. The number of benzene rings is 4. The van der Waals surface area contributed by atoms with Crippen LogP contribution in [0.1, 0.15) is 0 Å². The number of fused-ring (bicyclic) bond motifs is 9. The predicted octanol–water partition coefficient (Wildman–Crippen LogP) is 4.33. The number of aromatic nitrogens is 4. The number of nitrogens with zero attached hydrogens (tertiary/aromatic N) is 5. The topological polar surface area (TPSA) is 106 Å². The summed E-state index contributed by atoms with van der Waals surface area (Å²) >= 11 is 27.5. The Kier molecular flexibility index (Phi) is 6.68. The van der Waals surface area contributed by atoms with Crippen LogP contribution < -0.4 is 31.8 Å². The lowest BCUT2D eigenvalue weighted by atomic mass is 9.47. The van der Waals surface area contributed by atoms with Crippen molar-refractivity contribution in [3.63, 3.8) is 0 Å². The lowest BCUT2D eigenvalue weighted by molar-refractivity contribution is 0.437. The first-order valence-electron chi connectivity index (χ1n) is 15.3. The van der Waals surface area contributed by atoms with Gasteiger partial charge in [-0.15, -0.1) is 0 Å². The van der Waals surface area contributed by atoms with Crippen molar-refractivity contribution < 1.29 is 14.2 Å². The molecule has 0 unspecified atom stereocenters. The van der Waals surface area contributed by atoms with Gasteiger partial charge in [0, 0.05) is 64.2 Å². The molecule has 0 saturated carbocycles. The summed E-state index contributed by atoms with van der Waals surface area (Å²) in [4.78, 5) is 18.7. The molecule has 6 heterocycles. The minimum Gasteiger partial charge on any atom is -0.450 e. The highest BCUT2D eigenvalue weighted by atomic mass is 35.5. The summed E-state index contributed by atoms with van der Waals surface area (Å²) in [7, 11) is -3.59. The Morgan fingerprint density at radius 3 is 1.47 bits per heavy atom. The van der Waals surface area contributed by atoms with E-state index in [1.54, 1.807) is 18.5 Å². The lowest BCUT2D eigenvalue weighted by Gasteiger charge is -2.49. The number of rotatable bonds is 2. The molecule has 4 aromatic carbocycles.